The monoisotopic (exact) mass is 374 g/mol. The number of hydrogen-bond donors (Lipinski definition) is 2. The highest BCUT2D eigenvalue weighted by atomic mass is 16.5. The molecule has 0 bridgehead atoms. The van der Waals surface area contributed by atoms with Gasteiger partial charge < -0.3 is 5.32 Å². The Morgan fingerprint density at radius 2 is 1.96 bits per heavy atom. The number of aromatic nitrogens is 3. The van der Waals surface area contributed by atoms with E-state index in [1.165, 1.54) is 5.56 Å². The third kappa shape index (κ3) is 4.15. The molecule has 0 spiro atoms. The third-order valence-electron chi connectivity index (χ3n) is 4.41. The van der Waals surface area contributed by atoms with Gasteiger partial charge >= 0.3 is 11.9 Å². The number of carbonyl (C=O) groups is 1. The number of amides is 2. The summed E-state index contributed by atoms with van der Waals surface area (Å²) in [5.74, 6) is 0.278. The van der Waals surface area contributed by atoms with Gasteiger partial charge in [0.15, 0.2) is 6.04 Å². The van der Waals surface area contributed by atoms with Crippen LogP contribution in [0.25, 0.3) is 10.9 Å². The molecule has 140 valence electrons. The van der Waals surface area contributed by atoms with Crippen LogP contribution in [0.3, 0.4) is 0 Å². The SMILES string of the molecule is CC(Cc1ccccc1)[n+]1cc(NC(=O)Nc2ccc3ncccc3c2)on1. The molecule has 4 rings (SSSR count). The molecule has 0 radical (unpaired) electrons. The van der Waals surface area contributed by atoms with Crippen molar-refractivity contribution in [3.63, 3.8) is 0 Å². The second kappa shape index (κ2) is 7.87. The highest BCUT2D eigenvalue weighted by Crippen LogP contribution is 2.17. The van der Waals surface area contributed by atoms with Crippen LogP contribution in [0.1, 0.15) is 18.5 Å². The normalized spacial score (nSPS) is 11.9. The Hall–Kier alpha value is -3.74. The summed E-state index contributed by atoms with van der Waals surface area (Å²) in [5.41, 5.74) is 2.75. The standard InChI is InChI=1S/C21H19N5O2/c1-15(12-16-6-3-2-4-7-16)26-14-20(28-25-26)24-21(27)23-18-9-10-19-17(13-18)8-5-11-22-19/h2-11,13-15H,12H2,1H3,(H-,23,24,25,27)/p+1. The van der Waals surface area contributed by atoms with E-state index in [0.717, 1.165) is 17.3 Å². The predicted molar refractivity (Wildman–Crippen MR) is 106 cm³/mol. The maximum absolute atomic E-state index is 12.3. The lowest BCUT2D eigenvalue weighted by molar-refractivity contribution is -0.782. The molecule has 2 aromatic carbocycles. The van der Waals surface area contributed by atoms with Gasteiger partial charge in [-0.15, -0.1) is 0 Å². The van der Waals surface area contributed by atoms with E-state index in [9.17, 15) is 4.79 Å². The van der Waals surface area contributed by atoms with Crippen molar-refractivity contribution in [2.75, 3.05) is 10.6 Å². The van der Waals surface area contributed by atoms with Crippen molar-refractivity contribution >= 4 is 28.5 Å². The molecule has 1 unspecified atom stereocenters. The molecular weight excluding hydrogens is 354 g/mol. The molecule has 0 fully saturated rings. The molecule has 7 heteroatoms. The highest BCUT2D eigenvalue weighted by Gasteiger charge is 2.21. The average Bonchev–Trinajstić information content (AvgIpc) is 3.17. The van der Waals surface area contributed by atoms with E-state index in [1.54, 1.807) is 23.1 Å². The van der Waals surface area contributed by atoms with Crippen molar-refractivity contribution in [2.24, 2.45) is 0 Å². The molecule has 4 aromatic rings. The molecule has 7 nitrogen and oxygen atoms in total. The van der Waals surface area contributed by atoms with Gasteiger partial charge in [0.2, 0.25) is 5.27 Å². The number of fused-ring (bicyclic) bond motifs is 1. The lowest BCUT2D eigenvalue weighted by atomic mass is 10.1. The molecule has 28 heavy (non-hydrogen) atoms. The van der Waals surface area contributed by atoms with Gasteiger partial charge in [0.1, 0.15) is 0 Å². The highest BCUT2D eigenvalue weighted by molar-refractivity contribution is 6.00. The summed E-state index contributed by atoms with van der Waals surface area (Å²) in [6, 6.07) is 19.2. The van der Waals surface area contributed by atoms with E-state index in [-0.39, 0.29) is 11.9 Å². The number of rotatable bonds is 5. The molecule has 0 aliphatic carbocycles. The molecule has 2 heterocycles. The molecule has 0 aliphatic rings. The van der Waals surface area contributed by atoms with Crippen molar-refractivity contribution in [1.82, 2.24) is 10.3 Å². The Morgan fingerprint density at radius 1 is 1.11 bits per heavy atom. The first-order chi connectivity index (χ1) is 13.7. The van der Waals surface area contributed by atoms with Crippen LogP contribution in [0.5, 0.6) is 0 Å². The van der Waals surface area contributed by atoms with Gasteiger partial charge in [0.05, 0.1) is 5.52 Å². The van der Waals surface area contributed by atoms with Crippen molar-refractivity contribution < 1.29 is 14.0 Å². The Balaban J connectivity index is 1.38. The minimum Gasteiger partial charge on any atom is -0.308 e. The first-order valence-electron chi connectivity index (χ1n) is 9.02. The first kappa shape index (κ1) is 17.7. The zero-order valence-corrected chi connectivity index (χ0v) is 15.4. The molecule has 1 atom stereocenters. The molecular formula is C21H20N5O2+. The van der Waals surface area contributed by atoms with Crippen molar-refractivity contribution in [3.8, 4) is 0 Å². The number of anilines is 2. The van der Waals surface area contributed by atoms with Crippen molar-refractivity contribution in [2.45, 2.75) is 19.4 Å². The fourth-order valence-electron chi connectivity index (χ4n) is 3.00. The van der Waals surface area contributed by atoms with E-state index < -0.39 is 6.03 Å². The summed E-state index contributed by atoms with van der Waals surface area (Å²) in [6.45, 7) is 2.04. The largest absolute Gasteiger partial charge is 0.326 e. The van der Waals surface area contributed by atoms with Crippen LogP contribution in [0.15, 0.2) is 77.6 Å². The van der Waals surface area contributed by atoms with Crippen LogP contribution in [0, 0.1) is 0 Å². The first-order valence-corrected chi connectivity index (χ1v) is 9.02. The van der Waals surface area contributed by atoms with Gasteiger partial charge in [0, 0.05) is 30.6 Å². The summed E-state index contributed by atoms with van der Waals surface area (Å²) in [6.07, 6.45) is 4.23. The number of pyridine rings is 1. The summed E-state index contributed by atoms with van der Waals surface area (Å²) < 4.78 is 6.93. The molecule has 0 saturated heterocycles. The molecule has 0 aliphatic heterocycles. The number of hydrogen-bond acceptors (Lipinski definition) is 4. The van der Waals surface area contributed by atoms with E-state index in [0.29, 0.717) is 5.69 Å². The number of benzene rings is 2. The quantitative estimate of drug-likeness (QED) is 0.518. The average molecular weight is 374 g/mol. The van der Waals surface area contributed by atoms with E-state index in [2.05, 4.69) is 33.0 Å². The second-order valence-electron chi connectivity index (χ2n) is 6.58. The topological polar surface area (TPSA) is 83.9 Å². The Kier molecular flexibility index (Phi) is 4.97. The maximum Gasteiger partial charge on any atom is 0.326 e. The van der Waals surface area contributed by atoms with Gasteiger partial charge in [-0.25, -0.2) is 4.79 Å². The van der Waals surface area contributed by atoms with Crippen LogP contribution in [-0.2, 0) is 6.42 Å². The van der Waals surface area contributed by atoms with Gasteiger partial charge in [-0.3, -0.25) is 14.8 Å². The predicted octanol–water partition coefficient (Wildman–Crippen LogP) is 3.96. The van der Waals surface area contributed by atoms with Crippen molar-refractivity contribution in [1.29, 1.82) is 0 Å². The maximum atomic E-state index is 12.3. The number of nitrogens with one attached hydrogen (secondary N) is 2. The summed E-state index contributed by atoms with van der Waals surface area (Å²) in [4.78, 5) is 16.5. The Bertz CT molecular complexity index is 1090. The Morgan fingerprint density at radius 3 is 2.82 bits per heavy atom. The van der Waals surface area contributed by atoms with E-state index in [1.807, 2.05) is 49.4 Å². The molecule has 2 amide bonds. The van der Waals surface area contributed by atoms with Crippen LogP contribution in [-0.4, -0.2) is 16.3 Å². The minimum absolute atomic E-state index is 0.0951. The van der Waals surface area contributed by atoms with Gasteiger partial charge in [-0.2, -0.15) is 0 Å². The molecule has 2 N–H and O–H groups in total. The van der Waals surface area contributed by atoms with E-state index >= 15 is 0 Å². The molecule has 0 saturated carbocycles. The zero-order valence-electron chi connectivity index (χ0n) is 15.4. The third-order valence-corrected chi connectivity index (χ3v) is 4.41. The smallest absolute Gasteiger partial charge is 0.308 e. The summed E-state index contributed by atoms with van der Waals surface area (Å²) in [5, 5.41) is 10.4. The lowest BCUT2D eigenvalue weighted by Gasteiger charge is -2.05. The Labute approximate surface area is 162 Å². The molecule has 2 aromatic heterocycles. The van der Waals surface area contributed by atoms with Gasteiger partial charge in [-0.05, 0) is 34.5 Å². The van der Waals surface area contributed by atoms with Crippen LogP contribution < -0.4 is 15.3 Å². The fourth-order valence-corrected chi connectivity index (χ4v) is 3.00. The van der Waals surface area contributed by atoms with Crippen LogP contribution in [0.2, 0.25) is 0 Å². The number of nitrogens with zero attached hydrogens (tertiary/aromatic N) is 3. The zero-order chi connectivity index (χ0) is 19.3. The fraction of sp³-hybridized carbons (Fsp3) is 0.143. The minimum atomic E-state index is -0.401. The van der Waals surface area contributed by atoms with Gasteiger partial charge in [0.25, 0.3) is 6.20 Å². The number of carbonyl (C=O) groups excluding carboxylic acids is 1. The summed E-state index contributed by atoms with van der Waals surface area (Å²) in [7, 11) is 0. The van der Waals surface area contributed by atoms with Crippen LogP contribution >= 0.6 is 0 Å². The number of urea groups is 1. The second-order valence-corrected chi connectivity index (χ2v) is 6.58. The van der Waals surface area contributed by atoms with Gasteiger partial charge in [-0.1, -0.05) is 36.4 Å². The summed E-state index contributed by atoms with van der Waals surface area (Å²) >= 11 is 0. The van der Waals surface area contributed by atoms with E-state index in [4.69, 9.17) is 4.52 Å². The lowest BCUT2D eigenvalue weighted by Crippen LogP contribution is -2.40. The van der Waals surface area contributed by atoms with Crippen LogP contribution in [0.4, 0.5) is 16.4 Å². The van der Waals surface area contributed by atoms with Crippen molar-refractivity contribution in [3.05, 3.63) is 78.6 Å².